The van der Waals surface area contributed by atoms with Crippen LogP contribution in [0.3, 0.4) is 0 Å². The minimum Gasteiger partial charge on any atom is -0.481 e. The first-order chi connectivity index (χ1) is 14.2. The summed E-state index contributed by atoms with van der Waals surface area (Å²) in [6.45, 7) is 11.1. The summed E-state index contributed by atoms with van der Waals surface area (Å²) < 4.78 is 0. The Bertz CT molecular complexity index is 645. The Morgan fingerprint density at radius 3 is 2.37 bits per heavy atom. The molecule has 2 N–H and O–H groups in total. The topological polar surface area (TPSA) is 74.6 Å². The molecule has 4 rings (SSSR count). The van der Waals surface area contributed by atoms with Crippen LogP contribution in [-0.2, 0) is 9.59 Å². The number of Topliss-reactive ketones (excluding diaryl/α,β-unsaturated/α-hetero) is 1. The Hall–Kier alpha value is -0.900. The largest absolute Gasteiger partial charge is 0.481 e. The molecule has 7 unspecified atom stereocenters. The van der Waals surface area contributed by atoms with Crippen molar-refractivity contribution < 1.29 is 19.8 Å². The van der Waals surface area contributed by atoms with Crippen molar-refractivity contribution in [1.29, 1.82) is 0 Å². The molecule has 4 nitrogen and oxygen atoms in total. The summed E-state index contributed by atoms with van der Waals surface area (Å²) in [7, 11) is 0. The third-order valence-corrected chi connectivity index (χ3v) is 10.0. The molecule has 0 radical (unpaired) electrons. The number of carboxylic acids is 1. The Morgan fingerprint density at radius 2 is 1.70 bits per heavy atom. The molecule has 0 aromatic carbocycles. The fourth-order valence-electron chi connectivity index (χ4n) is 8.44. The maximum atomic E-state index is 13.3. The van der Waals surface area contributed by atoms with E-state index in [1.165, 1.54) is 6.42 Å². The number of aliphatic hydroxyl groups excluding tert-OH is 1. The van der Waals surface area contributed by atoms with E-state index in [1.807, 2.05) is 13.8 Å². The van der Waals surface area contributed by atoms with Crippen molar-refractivity contribution in [2.45, 2.75) is 105 Å². The van der Waals surface area contributed by atoms with Crippen molar-refractivity contribution >= 4 is 11.8 Å². The molecule has 0 aliphatic heterocycles. The van der Waals surface area contributed by atoms with Gasteiger partial charge in [-0.15, -0.1) is 0 Å². The number of ketones is 1. The number of aliphatic carboxylic acids is 1. The first kappa shape index (κ1) is 23.8. The van der Waals surface area contributed by atoms with Gasteiger partial charge in [0.15, 0.2) is 0 Å². The second kappa shape index (κ2) is 8.92. The highest BCUT2D eigenvalue weighted by atomic mass is 16.4. The number of carbonyl (C=O) groups excluding carboxylic acids is 1. The van der Waals surface area contributed by atoms with Crippen LogP contribution in [0.2, 0.25) is 0 Å². The maximum absolute atomic E-state index is 13.3. The van der Waals surface area contributed by atoms with Crippen molar-refractivity contribution in [1.82, 2.24) is 0 Å². The van der Waals surface area contributed by atoms with Gasteiger partial charge in [0, 0.05) is 18.8 Å². The third-order valence-electron chi connectivity index (χ3n) is 10.0. The van der Waals surface area contributed by atoms with Crippen molar-refractivity contribution in [3.8, 4) is 0 Å². The normalized spacial score (nSPS) is 46.0. The maximum Gasteiger partial charge on any atom is 0.303 e. The van der Waals surface area contributed by atoms with Crippen LogP contribution in [-0.4, -0.2) is 28.1 Å². The highest BCUT2D eigenvalue weighted by Crippen LogP contribution is 2.67. The smallest absolute Gasteiger partial charge is 0.303 e. The standard InChI is InChI=1S/C24H38O4.C2H6/c1-14(4-7-21(27)28)17-5-6-18-22-19(9-11-24(17,18)3)23(2)10-8-16(25)12-15(23)13-20(22)26;1-2/h14-19,22,25H,4-13H2,1-3H3,(H,27,28);1-2H3/t14-,15?,16-,17?,18?,19?,22?,23?,24?;/m1./s1. The van der Waals surface area contributed by atoms with Gasteiger partial charge in [0.05, 0.1) is 6.10 Å². The van der Waals surface area contributed by atoms with Gasteiger partial charge in [0.2, 0.25) is 0 Å². The van der Waals surface area contributed by atoms with Crippen LogP contribution in [0.4, 0.5) is 0 Å². The summed E-state index contributed by atoms with van der Waals surface area (Å²) in [4.78, 5) is 24.4. The number of carbonyl (C=O) groups is 2. The van der Waals surface area contributed by atoms with Gasteiger partial charge < -0.3 is 10.2 Å². The first-order valence-corrected chi connectivity index (χ1v) is 12.6. The van der Waals surface area contributed by atoms with Crippen molar-refractivity contribution in [3.05, 3.63) is 0 Å². The lowest BCUT2D eigenvalue weighted by Crippen LogP contribution is -2.57. The van der Waals surface area contributed by atoms with Crippen LogP contribution in [0, 0.1) is 46.3 Å². The Labute approximate surface area is 183 Å². The predicted molar refractivity (Wildman–Crippen MR) is 119 cm³/mol. The lowest BCUT2D eigenvalue weighted by atomic mass is 9.44. The van der Waals surface area contributed by atoms with Gasteiger partial charge in [-0.3, -0.25) is 9.59 Å². The predicted octanol–water partition coefficient (Wildman–Crippen LogP) is 5.71. The zero-order valence-corrected chi connectivity index (χ0v) is 19.8. The highest BCUT2D eigenvalue weighted by Gasteiger charge is 2.62. The number of carboxylic acid groups (broad SMARTS) is 1. The van der Waals surface area contributed by atoms with Gasteiger partial charge in [0.25, 0.3) is 0 Å². The number of aliphatic hydroxyl groups is 1. The van der Waals surface area contributed by atoms with E-state index in [4.69, 9.17) is 5.11 Å². The summed E-state index contributed by atoms with van der Waals surface area (Å²) in [5.41, 5.74) is 0.401. The first-order valence-electron chi connectivity index (χ1n) is 12.6. The molecule has 4 aliphatic rings. The summed E-state index contributed by atoms with van der Waals surface area (Å²) in [6, 6.07) is 0. The molecule has 4 saturated carbocycles. The van der Waals surface area contributed by atoms with E-state index >= 15 is 0 Å². The van der Waals surface area contributed by atoms with Gasteiger partial charge in [-0.2, -0.15) is 0 Å². The molecule has 0 spiro atoms. The Kier molecular flexibility index (Phi) is 7.06. The summed E-state index contributed by atoms with van der Waals surface area (Å²) in [5.74, 6) is 2.25. The minimum absolute atomic E-state index is 0.187. The average Bonchev–Trinajstić information content (AvgIpc) is 3.06. The van der Waals surface area contributed by atoms with Crippen LogP contribution in [0.5, 0.6) is 0 Å². The number of fused-ring (bicyclic) bond motifs is 5. The zero-order valence-electron chi connectivity index (χ0n) is 19.8. The molecular formula is C26H44O4. The molecule has 9 atom stereocenters. The molecule has 0 aromatic heterocycles. The average molecular weight is 421 g/mol. The molecule has 0 bridgehead atoms. The lowest BCUT2D eigenvalue weighted by molar-refractivity contribution is -0.160. The summed E-state index contributed by atoms with van der Waals surface area (Å²) in [5, 5.41) is 19.3. The molecule has 30 heavy (non-hydrogen) atoms. The molecular weight excluding hydrogens is 376 g/mol. The molecule has 0 heterocycles. The zero-order chi connectivity index (χ0) is 22.3. The number of rotatable bonds is 4. The van der Waals surface area contributed by atoms with Crippen molar-refractivity contribution in [2.75, 3.05) is 0 Å². The monoisotopic (exact) mass is 420 g/mol. The SMILES string of the molecule is CC.C[C@H](CCC(=O)O)C1CCC2C3C(=O)CC4C[C@H](O)CCC4(C)C3CCC21C. The lowest BCUT2D eigenvalue weighted by Gasteiger charge is -2.60. The second-order valence-corrected chi connectivity index (χ2v) is 11.2. The van der Waals surface area contributed by atoms with E-state index in [9.17, 15) is 14.7 Å². The van der Waals surface area contributed by atoms with E-state index in [0.29, 0.717) is 41.8 Å². The Morgan fingerprint density at radius 1 is 1.07 bits per heavy atom. The second-order valence-electron chi connectivity index (χ2n) is 11.2. The minimum atomic E-state index is -0.698. The molecule has 4 aliphatic carbocycles. The van der Waals surface area contributed by atoms with Crippen molar-refractivity contribution in [3.63, 3.8) is 0 Å². The fraction of sp³-hybridized carbons (Fsp3) is 0.923. The third kappa shape index (κ3) is 3.87. The van der Waals surface area contributed by atoms with Gasteiger partial charge in [-0.05, 0) is 91.8 Å². The quantitative estimate of drug-likeness (QED) is 0.610. The van der Waals surface area contributed by atoms with Crippen LogP contribution in [0.15, 0.2) is 0 Å². The van der Waals surface area contributed by atoms with Crippen LogP contribution in [0.25, 0.3) is 0 Å². The highest BCUT2D eigenvalue weighted by molar-refractivity contribution is 5.83. The van der Waals surface area contributed by atoms with Crippen LogP contribution in [0.1, 0.15) is 98.8 Å². The van der Waals surface area contributed by atoms with E-state index in [2.05, 4.69) is 20.8 Å². The number of hydrogen-bond acceptors (Lipinski definition) is 3. The van der Waals surface area contributed by atoms with Gasteiger partial charge in [-0.25, -0.2) is 0 Å². The van der Waals surface area contributed by atoms with Gasteiger partial charge in [0.1, 0.15) is 5.78 Å². The summed E-state index contributed by atoms with van der Waals surface area (Å²) >= 11 is 0. The van der Waals surface area contributed by atoms with E-state index in [1.54, 1.807) is 0 Å². The van der Waals surface area contributed by atoms with Gasteiger partial charge in [-0.1, -0.05) is 34.6 Å². The van der Waals surface area contributed by atoms with Gasteiger partial charge >= 0.3 is 5.97 Å². The van der Waals surface area contributed by atoms with E-state index in [-0.39, 0.29) is 29.3 Å². The molecule has 0 saturated heterocycles. The molecule has 0 aromatic rings. The molecule has 4 fully saturated rings. The summed E-state index contributed by atoms with van der Waals surface area (Å²) in [6.07, 6.45) is 8.81. The molecule has 4 heteroatoms. The fourth-order valence-corrected chi connectivity index (χ4v) is 8.44. The van der Waals surface area contributed by atoms with Crippen LogP contribution >= 0.6 is 0 Å². The van der Waals surface area contributed by atoms with E-state index in [0.717, 1.165) is 44.9 Å². The Balaban J connectivity index is 0.00000124. The number of hydrogen-bond donors (Lipinski definition) is 2. The molecule has 172 valence electrons. The van der Waals surface area contributed by atoms with Crippen LogP contribution < -0.4 is 0 Å². The van der Waals surface area contributed by atoms with E-state index < -0.39 is 5.97 Å². The molecule has 0 amide bonds. The van der Waals surface area contributed by atoms with Crippen molar-refractivity contribution in [2.24, 2.45) is 46.3 Å².